The summed E-state index contributed by atoms with van der Waals surface area (Å²) in [6.45, 7) is 0. The zero-order valence-corrected chi connectivity index (χ0v) is 36.7. The first-order chi connectivity index (χ1) is 34.2. The largest absolute Gasteiger partial charge is 0.456 e. The van der Waals surface area contributed by atoms with Crippen LogP contribution in [0.25, 0.3) is 164 Å². The van der Waals surface area contributed by atoms with Gasteiger partial charge in [0.1, 0.15) is 33.5 Å². The smallest absolute Gasteiger partial charge is 0.161 e. The maximum Gasteiger partial charge on any atom is 0.161 e. The Balaban J connectivity index is 1.06. The number of hydrogen-bond acceptors (Lipinski definition) is 5. The second-order valence-corrected chi connectivity index (χ2v) is 18.3. The molecule has 0 saturated heterocycles. The number of fused-ring (bicyclic) bond motifs is 21. The van der Waals surface area contributed by atoms with Crippen molar-refractivity contribution in [3.63, 3.8) is 0 Å². The van der Waals surface area contributed by atoms with Gasteiger partial charge in [0.2, 0.25) is 0 Å². The minimum atomic E-state index is 0.566. The molecule has 12 aromatic carbocycles. The summed E-state index contributed by atoms with van der Waals surface area (Å²) in [5.74, 6) is 0.566. The molecule has 4 heterocycles. The van der Waals surface area contributed by atoms with E-state index in [0.717, 1.165) is 153 Å². The van der Waals surface area contributed by atoms with Crippen molar-refractivity contribution < 1.29 is 13.3 Å². The van der Waals surface area contributed by atoms with Crippen molar-refractivity contribution in [1.29, 1.82) is 0 Å². The molecule has 69 heavy (non-hydrogen) atoms. The van der Waals surface area contributed by atoms with Gasteiger partial charge in [-0.1, -0.05) is 164 Å². The van der Waals surface area contributed by atoms with Crippen molar-refractivity contribution >= 4 is 130 Å². The van der Waals surface area contributed by atoms with Crippen LogP contribution in [-0.2, 0) is 0 Å². The number of furan rings is 3. The van der Waals surface area contributed by atoms with Crippen LogP contribution in [0.5, 0.6) is 0 Å². The highest BCUT2D eigenvalue weighted by molar-refractivity contribution is 6.31. The molecule has 5 nitrogen and oxygen atoms in total. The van der Waals surface area contributed by atoms with Crippen LogP contribution in [0.15, 0.2) is 220 Å². The quantitative estimate of drug-likeness (QED) is 0.177. The van der Waals surface area contributed by atoms with Crippen LogP contribution in [0, 0.1) is 0 Å². The van der Waals surface area contributed by atoms with E-state index in [1.165, 1.54) is 5.39 Å². The highest BCUT2D eigenvalue weighted by Crippen LogP contribution is 2.48. The van der Waals surface area contributed by atoms with E-state index < -0.39 is 0 Å². The summed E-state index contributed by atoms with van der Waals surface area (Å²) < 4.78 is 20.9. The molecule has 0 aliphatic rings. The number of nitrogens with zero attached hydrogens (tertiary/aromatic N) is 2. The number of aromatic nitrogens is 2. The fourth-order valence-electron chi connectivity index (χ4n) is 11.6. The predicted molar refractivity (Wildman–Crippen MR) is 285 cm³/mol. The van der Waals surface area contributed by atoms with E-state index in [4.69, 9.17) is 23.2 Å². The SMILES string of the molecule is c1ccc2c(c1)ccc1oc3cc(-c4nc(-c5cc6ccccc6c6c5oc5ccc7ccccc7c56)cc(-c5cc6ccccc6c6c5oc5ccc7ccccc7c56)n4)c4ccccc4c3c12. The average molecular weight is 879 g/mol. The first-order valence-corrected chi connectivity index (χ1v) is 23.4. The van der Waals surface area contributed by atoms with Crippen molar-refractivity contribution in [3.8, 4) is 33.9 Å². The van der Waals surface area contributed by atoms with Gasteiger partial charge in [0.25, 0.3) is 0 Å². The van der Waals surface area contributed by atoms with Gasteiger partial charge in [-0.05, 0) is 107 Å². The predicted octanol–water partition coefficient (Wildman–Crippen LogP) is 18.1. The first-order valence-electron chi connectivity index (χ1n) is 23.4. The molecular formula is C64H34N2O3. The van der Waals surface area contributed by atoms with Gasteiger partial charge in [-0.15, -0.1) is 0 Å². The molecule has 5 heteroatoms. The molecule has 0 fully saturated rings. The lowest BCUT2D eigenvalue weighted by molar-refractivity contribution is 0.669. The zero-order chi connectivity index (χ0) is 44.9. The van der Waals surface area contributed by atoms with Gasteiger partial charge >= 0.3 is 0 Å². The van der Waals surface area contributed by atoms with E-state index in [1.54, 1.807) is 0 Å². The van der Waals surface area contributed by atoms with E-state index in [0.29, 0.717) is 5.82 Å². The molecule has 16 rings (SSSR count). The van der Waals surface area contributed by atoms with E-state index in [1.807, 2.05) is 0 Å². The van der Waals surface area contributed by atoms with Crippen LogP contribution in [0.3, 0.4) is 0 Å². The lowest BCUT2D eigenvalue weighted by Gasteiger charge is -2.14. The van der Waals surface area contributed by atoms with Crippen LogP contribution >= 0.6 is 0 Å². The van der Waals surface area contributed by atoms with E-state index >= 15 is 0 Å². The third-order valence-electron chi connectivity index (χ3n) is 14.6. The van der Waals surface area contributed by atoms with E-state index in [-0.39, 0.29) is 0 Å². The van der Waals surface area contributed by atoms with Gasteiger partial charge in [-0.25, -0.2) is 9.97 Å². The Hall–Kier alpha value is -9.32. The molecule has 0 bridgehead atoms. The Morgan fingerprint density at radius 3 is 1.09 bits per heavy atom. The summed E-state index contributed by atoms with van der Waals surface area (Å²) in [7, 11) is 0. The van der Waals surface area contributed by atoms with Gasteiger partial charge < -0.3 is 13.3 Å². The standard InChI is InChI=1S/C64H34N2O3/c1-6-18-40-35(13-1)25-28-52-56(40)59-46-24-12-11-23-45(46)47(33-55(59)67-52)64-65-50(48-31-38-16-4-9-21-43(38)60-57-41-19-7-2-14-36(41)26-29-53(57)68-62(48)60)34-51(66-64)49-32-39-17-5-10-22-44(39)61-58-42-20-8-3-15-37(42)27-30-54(58)69-63(49)61/h1-34H. The maximum absolute atomic E-state index is 7.06. The normalized spacial score (nSPS) is 12.3. The third kappa shape index (κ3) is 5.13. The molecule has 16 aromatic rings. The van der Waals surface area contributed by atoms with Gasteiger partial charge in [0, 0.05) is 49.0 Å². The van der Waals surface area contributed by atoms with Crippen LogP contribution in [0.1, 0.15) is 0 Å². The van der Waals surface area contributed by atoms with Gasteiger partial charge in [-0.2, -0.15) is 0 Å². The van der Waals surface area contributed by atoms with Crippen molar-refractivity contribution in [2.24, 2.45) is 0 Å². The summed E-state index contributed by atoms with van der Waals surface area (Å²) in [4.78, 5) is 11.3. The number of hydrogen-bond donors (Lipinski definition) is 0. The Kier molecular flexibility index (Phi) is 7.28. The zero-order valence-electron chi connectivity index (χ0n) is 36.7. The van der Waals surface area contributed by atoms with Crippen LogP contribution in [0.2, 0.25) is 0 Å². The summed E-state index contributed by atoms with van der Waals surface area (Å²) in [5.41, 5.74) is 8.92. The Bertz CT molecular complexity index is 4710. The van der Waals surface area contributed by atoms with E-state index in [9.17, 15) is 0 Å². The summed E-state index contributed by atoms with van der Waals surface area (Å²) in [6, 6.07) is 72.8. The third-order valence-corrected chi connectivity index (χ3v) is 14.6. The molecule has 0 saturated carbocycles. The Labute approximate surface area is 392 Å². The van der Waals surface area contributed by atoms with Gasteiger partial charge in [0.15, 0.2) is 5.82 Å². The molecule has 0 spiro atoms. The molecular weight excluding hydrogens is 845 g/mol. The lowest BCUT2D eigenvalue weighted by atomic mass is 9.94. The summed E-state index contributed by atoms with van der Waals surface area (Å²) >= 11 is 0. The highest BCUT2D eigenvalue weighted by Gasteiger charge is 2.25. The molecule has 4 aromatic heterocycles. The highest BCUT2D eigenvalue weighted by atomic mass is 16.3. The number of rotatable bonds is 3. The summed E-state index contributed by atoms with van der Waals surface area (Å²) in [6.07, 6.45) is 0. The first kappa shape index (κ1) is 36.8. The Morgan fingerprint density at radius 1 is 0.246 bits per heavy atom. The molecule has 318 valence electrons. The molecule has 0 N–H and O–H groups in total. The fourth-order valence-corrected chi connectivity index (χ4v) is 11.6. The molecule has 0 unspecified atom stereocenters. The lowest BCUT2D eigenvalue weighted by Crippen LogP contribution is -1.98. The number of benzene rings is 12. The van der Waals surface area contributed by atoms with Gasteiger partial charge in [-0.3, -0.25) is 0 Å². The second kappa shape index (κ2) is 13.6. The van der Waals surface area contributed by atoms with Crippen molar-refractivity contribution in [1.82, 2.24) is 9.97 Å². The van der Waals surface area contributed by atoms with Crippen molar-refractivity contribution in [3.05, 3.63) is 206 Å². The van der Waals surface area contributed by atoms with Crippen LogP contribution < -0.4 is 0 Å². The monoisotopic (exact) mass is 878 g/mol. The Morgan fingerprint density at radius 2 is 0.609 bits per heavy atom. The van der Waals surface area contributed by atoms with Gasteiger partial charge in [0.05, 0.1) is 11.4 Å². The van der Waals surface area contributed by atoms with Crippen LogP contribution in [0.4, 0.5) is 0 Å². The van der Waals surface area contributed by atoms with Crippen LogP contribution in [-0.4, -0.2) is 9.97 Å². The molecule has 0 radical (unpaired) electrons. The minimum Gasteiger partial charge on any atom is -0.456 e. The van der Waals surface area contributed by atoms with Crippen molar-refractivity contribution in [2.45, 2.75) is 0 Å². The average Bonchev–Trinajstić information content (AvgIpc) is 4.13. The molecule has 0 aliphatic heterocycles. The summed E-state index contributed by atoms with van der Waals surface area (Å²) in [5, 5.41) is 20.0. The fraction of sp³-hybridized carbons (Fsp3) is 0. The second-order valence-electron chi connectivity index (χ2n) is 18.3. The van der Waals surface area contributed by atoms with E-state index in [2.05, 4.69) is 206 Å². The molecule has 0 atom stereocenters. The minimum absolute atomic E-state index is 0.566. The topological polar surface area (TPSA) is 65.2 Å². The maximum atomic E-state index is 7.06. The molecule has 0 amide bonds. The molecule has 0 aliphatic carbocycles. The van der Waals surface area contributed by atoms with Crippen molar-refractivity contribution in [2.75, 3.05) is 0 Å².